The largest absolute Gasteiger partial charge is 0.317 e. The fraction of sp³-hybridized carbons (Fsp3) is 0.667. The van der Waals surface area contributed by atoms with E-state index < -0.39 is 0 Å². The molecule has 1 unspecified atom stereocenters. The van der Waals surface area contributed by atoms with Crippen LogP contribution >= 0.6 is 11.3 Å². The Morgan fingerprint density at radius 2 is 2.43 bits per heavy atom. The maximum atomic E-state index is 3.43. The Morgan fingerprint density at radius 1 is 1.57 bits per heavy atom. The topological polar surface area (TPSA) is 12.0 Å². The number of nitrogens with one attached hydrogen (secondary N) is 1. The zero-order valence-electron chi connectivity index (χ0n) is 8.83. The molecule has 0 aromatic carbocycles. The summed E-state index contributed by atoms with van der Waals surface area (Å²) in [5.41, 5.74) is 1.49. The van der Waals surface area contributed by atoms with E-state index in [0.29, 0.717) is 6.04 Å². The van der Waals surface area contributed by atoms with Crippen LogP contribution in [0.2, 0.25) is 0 Å². The summed E-state index contributed by atoms with van der Waals surface area (Å²) in [6, 6.07) is 2.93. The van der Waals surface area contributed by atoms with E-state index in [0.717, 1.165) is 5.92 Å². The Kier molecular flexibility index (Phi) is 3.60. The SMILES string of the molecule is CNC(CCC1CC1)Cc1ccsc1. The van der Waals surface area contributed by atoms with Gasteiger partial charge >= 0.3 is 0 Å². The van der Waals surface area contributed by atoms with Crippen LogP contribution < -0.4 is 5.32 Å². The van der Waals surface area contributed by atoms with Gasteiger partial charge in [0, 0.05) is 6.04 Å². The van der Waals surface area contributed by atoms with Crippen molar-refractivity contribution < 1.29 is 0 Å². The summed E-state index contributed by atoms with van der Waals surface area (Å²) in [7, 11) is 2.09. The molecule has 0 aliphatic heterocycles. The van der Waals surface area contributed by atoms with Gasteiger partial charge in [-0.3, -0.25) is 0 Å². The van der Waals surface area contributed by atoms with Gasteiger partial charge < -0.3 is 5.32 Å². The lowest BCUT2D eigenvalue weighted by Crippen LogP contribution is -2.27. The summed E-state index contributed by atoms with van der Waals surface area (Å²) in [6.07, 6.45) is 6.93. The summed E-state index contributed by atoms with van der Waals surface area (Å²) in [6.45, 7) is 0. The first kappa shape index (κ1) is 10.2. The molecule has 0 saturated heterocycles. The Bertz CT molecular complexity index is 251. The summed E-state index contributed by atoms with van der Waals surface area (Å²) in [5.74, 6) is 1.06. The number of thiophene rings is 1. The van der Waals surface area contributed by atoms with Crippen LogP contribution in [0.4, 0.5) is 0 Å². The molecule has 1 aliphatic carbocycles. The fourth-order valence-electron chi connectivity index (χ4n) is 1.89. The predicted octanol–water partition coefficient (Wildman–Crippen LogP) is 3.07. The Balaban J connectivity index is 1.74. The van der Waals surface area contributed by atoms with Crippen LogP contribution in [0.1, 0.15) is 31.2 Å². The van der Waals surface area contributed by atoms with Crippen molar-refractivity contribution in [1.82, 2.24) is 5.32 Å². The molecule has 1 aromatic rings. The highest BCUT2D eigenvalue weighted by Gasteiger charge is 2.22. The highest BCUT2D eigenvalue weighted by atomic mass is 32.1. The molecule has 1 nitrogen and oxygen atoms in total. The molecule has 2 rings (SSSR count). The standard InChI is InChI=1S/C12H19NS/c1-13-12(5-4-10-2-3-10)8-11-6-7-14-9-11/h6-7,9-10,12-13H,2-5,8H2,1H3. The van der Waals surface area contributed by atoms with Crippen molar-refractivity contribution >= 4 is 11.3 Å². The van der Waals surface area contributed by atoms with E-state index in [1.54, 1.807) is 11.3 Å². The molecule has 1 heterocycles. The van der Waals surface area contributed by atoms with Crippen molar-refractivity contribution in [2.24, 2.45) is 5.92 Å². The molecule has 0 radical (unpaired) electrons. The first-order valence-corrected chi connectivity index (χ1v) is 6.51. The molecule has 1 aliphatic rings. The minimum Gasteiger partial charge on any atom is -0.317 e. The molecule has 1 saturated carbocycles. The highest BCUT2D eigenvalue weighted by Crippen LogP contribution is 2.34. The van der Waals surface area contributed by atoms with Gasteiger partial charge in [-0.1, -0.05) is 12.8 Å². The number of hydrogen-bond acceptors (Lipinski definition) is 2. The van der Waals surface area contributed by atoms with Gasteiger partial charge in [0.25, 0.3) is 0 Å². The van der Waals surface area contributed by atoms with Crippen molar-refractivity contribution in [3.8, 4) is 0 Å². The number of likely N-dealkylation sites (N-methyl/N-ethyl adjacent to an activating group) is 1. The molecule has 1 fully saturated rings. The molecular weight excluding hydrogens is 190 g/mol. The van der Waals surface area contributed by atoms with Crippen LogP contribution in [0.25, 0.3) is 0 Å². The smallest absolute Gasteiger partial charge is 0.0105 e. The zero-order valence-corrected chi connectivity index (χ0v) is 9.65. The van der Waals surface area contributed by atoms with Gasteiger partial charge in [-0.05, 0) is 54.6 Å². The lowest BCUT2D eigenvalue weighted by atomic mass is 10.0. The molecule has 2 heteroatoms. The monoisotopic (exact) mass is 209 g/mol. The summed E-state index contributed by atoms with van der Waals surface area (Å²) in [4.78, 5) is 0. The molecular formula is C12H19NS. The van der Waals surface area contributed by atoms with Crippen molar-refractivity contribution in [3.63, 3.8) is 0 Å². The molecule has 14 heavy (non-hydrogen) atoms. The van der Waals surface area contributed by atoms with E-state index >= 15 is 0 Å². The van der Waals surface area contributed by atoms with E-state index in [-0.39, 0.29) is 0 Å². The molecule has 0 spiro atoms. The van der Waals surface area contributed by atoms with Crippen LogP contribution in [0.15, 0.2) is 16.8 Å². The lowest BCUT2D eigenvalue weighted by Gasteiger charge is -2.14. The normalized spacial score (nSPS) is 18.4. The van der Waals surface area contributed by atoms with Gasteiger partial charge in [-0.2, -0.15) is 11.3 Å². The molecule has 1 aromatic heterocycles. The van der Waals surface area contributed by atoms with Gasteiger partial charge in [0.05, 0.1) is 0 Å². The molecule has 1 N–H and O–H groups in total. The van der Waals surface area contributed by atoms with Gasteiger partial charge in [0.1, 0.15) is 0 Å². The first-order valence-electron chi connectivity index (χ1n) is 5.57. The van der Waals surface area contributed by atoms with Crippen LogP contribution in [0.3, 0.4) is 0 Å². The zero-order chi connectivity index (χ0) is 9.80. The van der Waals surface area contributed by atoms with E-state index in [1.165, 1.54) is 37.7 Å². The van der Waals surface area contributed by atoms with Crippen LogP contribution in [0.5, 0.6) is 0 Å². The van der Waals surface area contributed by atoms with E-state index in [1.807, 2.05) is 0 Å². The van der Waals surface area contributed by atoms with Crippen molar-refractivity contribution in [1.29, 1.82) is 0 Å². The lowest BCUT2D eigenvalue weighted by molar-refractivity contribution is 0.485. The highest BCUT2D eigenvalue weighted by molar-refractivity contribution is 7.07. The summed E-state index contributed by atoms with van der Waals surface area (Å²) in [5, 5.41) is 7.86. The average Bonchev–Trinajstić information content (AvgIpc) is 2.90. The third-order valence-electron chi connectivity index (χ3n) is 3.09. The van der Waals surface area contributed by atoms with Gasteiger partial charge in [-0.25, -0.2) is 0 Å². The van der Waals surface area contributed by atoms with E-state index in [9.17, 15) is 0 Å². The minimum absolute atomic E-state index is 0.685. The quantitative estimate of drug-likeness (QED) is 0.759. The van der Waals surface area contributed by atoms with Crippen LogP contribution in [-0.2, 0) is 6.42 Å². The summed E-state index contributed by atoms with van der Waals surface area (Å²) < 4.78 is 0. The van der Waals surface area contributed by atoms with Crippen molar-refractivity contribution in [3.05, 3.63) is 22.4 Å². The molecule has 78 valence electrons. The Labute approximate surface area is 90.5 Å². The first-order chi connectivity index (χ1) is 6.88. The Morgan fingerprint density at radius 3 is 3.00 bits per heavy atom. The second kappa shape index (κ2) is 4.94. The molecule has 1 atom stereocenters. The second-order valence-corrected chi connectivity index (χ2v) is 5.12. The van der Waals surface area contributed by atoms with Crippen molar-refractivity contribution in [2.45, 2.75) is 38.1 Å². The van der Waals surface area contributed by atoms with Crippen molar-refractivity contribution in [2.75, 3.05) is 7.05 Å². The summed E-state index contributed by atoms with van der Waals surface area (Å²) >= 11 is 1.80. The molecule has 0 bridgehead atoms. The number of hydrogen-bond donors (Lipinski definition) is 1. The van der Waals surface area contributed by atoms with Crippen LogP contribution in [-0.4, -0.2) is 13.1 Å². The second-order valence-electron chi connectivity index (χ2n) is 4.34. The average molecular weight is 209 g/mol. The third-order valence-corrected chi connectivity index (χ3v) is 3.82. The molecule has 0 amide bonds. The van der Waals surface area contributed by atoms with E-state index in [4.69, 9.17) is 0 Å². The van der Waals surface area contributed by atoms with Gasteiger partial charge in [-0.15, -0.1) is 0 Å². The minimum atomic E-state index is 0.685. The predicted molar refractivity (Wildman–Crippen MR) is 62.8 cm³/mol. The number of rotatable bonds is 6. The van der Waals surface area contributed by atoms with Crippen LogP contribution in [0, 0.1) is 5.92 Å². The van der Waals surface area contributed by atoms with Gasteiger partial charge in [0.15, 0.2) is 0 Å². The van der Waals surface area contributed by atoms with Gasteiger partial charge in [0.2, 0.25) is 0 Å². The fourth-order valence-corrected chi connectivity index (χ4v) is 2.57. The maximum absolute atomic E-state index is 3.43. The Hall–Kier alpha value is -0.340. The third kappa shape index (κ3) is 3.10. The maximum Gasteiger partial charge on any atom is 0.0105 e. The van der Waals surface area contributed by atoms with E-state index in [2.05, 4.69) is 29.2 Å².